The Morgan fingerprint density at radius 1 is 0.875 bits per heavy atom. The highest BCUT2D eigenvalue weighted by Crippen LogP contribution is 2.08. The van der Waals surface area contributed by atoms with Gasteiger partial charge in [0.25, 0.3) is 0 Å². The Bertz CT molecular complexity index is 165. The van der Waals surface area contributed by atoms with E-state index in [2.05, 4.69) is 56.7 Å². The fraction of sp³-hybridized carbons (Fsp3) is 0.846. The predicted molar refractivity (Wildman–Crippen MR) is 77.9 cm³/mol. The molecule has 0 radical (unpaired) electrons. The Balaban J connectivity index is 3.70. The Morgan fingerprint density at radius 2 is 1.31 bits per heavy atom. The maximum Gasteiger partial charge on any atom is 0.0611 e. The Morgan fingerprint density at radius 3 is 1.62 bits per heavy atom. The molecule has 16 heavy (non-hydrogen) atoms. The summed E-state index contributed by atoms with van der Waals surface area (Å²) in [5, 5.41) is 0. The average molecular weight is 242 g/mol. The van der Waals surface area contributed by atoms with Crippen LogP contribution in [0.1, 0.15) is 19.8 Å². The first kappa shape index (κ1) is 15.9. The zero-order valence-electron chi connectivity index (χ0n) is 11.9. The normalized spacial score (nSPS) is 12.5. The largest absolute Gasteiger partial charge is 0.309 e. The monoisotopic (exact) mass is 242 g/mol. The van der Waals surface area contributed by atoms with Crippen LogP contribution in [0.15, 0.2) is 11.8 Å². The number of hydrogen-bond acceptors (Lipinski definition) is 2. The van der Waals surface area contributed by atoms with Gasteiger partial charge in [0.1, 0.15) is 0 Å². The maximum absolute atomic E-state index is 2.52. The highest BCUT2D eigenvalue weighted by Gasteiger charge is 2.06. The summed E-state index contributed by atoms with van der Waals surface area (Å²) in [4.78, 5) is 4.59. The molecule has 0 heterocycles. The highest BCUT2D eigenvalue weighted by atomic mass is 28.3. The Labute approximate surface area is 104 Å². The van der Waals surface area contributed by atoms with Crippen LogP contribution in [0.5, 0.6) is 0 Å². The minimum absolute atomic E-state index is 0.585. The molecule has 0 aliphatic carbocycles. The first-order valence-electron chi connectivity index (χ1n) is 6.48. The third-order valence-electron chi connectivity index (χ3n) is 2.83. The molecule has 0 aromatic heterocycles. The fourth-order valence-corrected chi connectivity index (χ4v) is 4.58. The molecule has 96 valence electrons. The number of allylic oxidation sites excluding steroid dienone is 1. The molecule has 0 spiro atoms. The van der Waals surface area contributed by atoms with Crippen molar-refractivity contribution in [2.75, 3.05) is 41.3 Å². The number of hydrogen-bond donors (Lipinski definition) is 0. The van der Waals surface area contributed by atoms with Crippen LogP contribution < -0.4 is 0 Å². The van der Waals surface area contributed by atoms with Crippen LogP contribution >= 0.6 is 0 Å². The van der Waals surface area contributed by atoms with E-state index in [1.807, 2.05) is 0 Å². The van der Waals surface area contributed by atoms with Gasteiger partial charge in [-0.2, -0.15) is 0 Å². The van der Waals surface area contributed by atoms with Crippen LogP contribution in [0.25, 0.3) is 0 Å². The molecule has 0 aromatic carbocycles. The average Bonchev–Trinajstić information content (AvgIpc) is 2.16. The minimum Gasteiger partial charge on any atom is -0.309 e. The van der Waals surface area contributed by atoms with E-state index in [4.69, 9.17) is 0 Å². The van der Waals surface area contributed by atoms with Gasteiger partial charge in [-0.1, -0.05) is 18.2 Å². The van der Waals surface area contributed by atoms with Gasteiger partial charge in [0.2, 0.25) is 0 Å². The van der Waals surface area contributed by atoms with E-state index in [-0.39, 0.29) is 0 Å². The molecule has 2 nitrogen and oxygen atoms in total. The molecule has 0 fully saturated rings. The Kier molecular flexibility index (Phi) is 9.98. The van der Waals surface area contributed by atoms with Crippen LogP contribution in [-0.4, -0.2) is 59.9 Å². The lowest BCUT2D eigenvalue weighted by Crippen LogP contribution is -2.19. The van der Waals surface area contributed by atoms with Gasteiger partial charge in [0.05, 0.1) is 8.80 Å². The van der Waals surface area contributed by atoms with Crippen molar-refractivity contribution in [1.82, 2.24) is 9.80 Å². The van der Waals surface area contributed by atoms with Crippen molar-refractivity contribution in [2.24, 2.45) is 0 Å². The molecule has 0 bridgehead atoms. The predicted octanol–water partition coefficient (Wildman–Crippen LogP) is 2.23. The first-order valence-corrected chi connectivity index (χ1v) is 8.78. The maximum atomic E-state index is 2.52. The van der Waals surface area contributed by atoms with Gasteiger partial charge in [0, 0.05) is 0 Å². The van der Waals surface area contributed by atoms with E-state index < -0.39 is 8.80 Å². The molecule has 0 aliphatic rings. The van der Waals surface area contributed by atoms with Crippen molar-refractivity contribution in [1.29, 1.82) is 0 Å². The van der Waals surface area contributed by atoms with Crippen molar-refractivity contribution in [3.63, 3.8) is 0 Å². The lowest BCUT2D eigenvalue weighted by Gasteiger charge is -2.15. The molecule has 0 aliphatic heterocycles. The SMILES string of the molecule is CC=C[SiH](CCCN(C)C)CCCN(C)C. The molecule has 0 unspecified atom stereocenters. The molecular formula is C13H30N2Si. The third-order valence-corrected chi connectivity index (χ3v) is 6.05. The smallest absolute Gasteiger partial charge is 0.0611 e. The molecular weight excluding hydrogens is 212 g/mol. The second kappa shape index (κ2) is 10.1. The molecule has 3 heteroatoms. The van der Waals surface area contributed by atoms with Gasteiger partial charge in [-0.25, -0.2) is 0 Å². The summed E-state index contributed by atoms with van der Waals surface area (Å²) >= 11 is 0. The molecule has 0 saturated heterocycles. The van der Waals surface area contributed by atoms with E-state index in [1.54, 1.807) is 0 Å². The molecule has 0 aromatic rings. The number of rotatable bonds is 9. The van der Waals surface area contributed by atoms with Crippen LogP contribution in [0.2, 0.25) is 12.1 Å². The summed E-state index contributed by atoms with van der Waals surface area (Å²) in [6.45, 7) is 4.65. The summed E-state index contributed by atoms with van der Waals surface area (Å²) in [6.07, 6.45) is 5.01. The highest BCUT2D eigenvalue weighted by molar-refractivity contribution is 6.64. The topological polar surface area (TPSA) is 6.48 Å². The lowest BCUT2D eigenvalue weighted by atomic mass is 10.4. The second-order valence-electron chi connectivity index (χ2n) is 5.18. The molecule has 0 N–H and O–H groups in total. The summed E-state index contributed by atoms with van der Waals surface area (Å²) < 4.78 is 0. The van der Waals surface area contributed by atoms with Crippen LogP contribution in [0.4, 0.5) is 0 Å². The second-order valence-corrected chi connectivity index (χ2v) is 8.24. The molecule has 0 saturated carbocycles. The van der Waals surface area contributed by atoms with E-state index in [0.717, 1.165) is 0 Å². The standard InChI is InChI=1S/C13H30N2Si/c1-6-11-16(12-7-9-14(2)3)13-8-10-15(4)5/h6,11,16H,7-10,12-13H2,1-5H3. The van der Waals surface area contributed by atoms with Gasteiger partial charge in [0.15, 0.2) is 0 Å². The molecule has 0 rings (SSSR count). The van der Waals surface area contributed by atoms with Crippen LogP contribution in [0.3, 0.4) is 0 Å². The third kappa shape index (κ3) is 10.4. The zero-order chi connectivity index (χ0) is 12.4. The van der Waals surface area contributed by atoms with E-state index in [1.165, 1.54) is 38.0 Å². The number of nitrogens with zero attached hydrogens (tertiary/aromatic N) is 2. The Hall–Kier alpha value is -0.123. The van der Waals surface area contributed by atoms with Crippen molar-refractivity contribution in [3.8, 4) is 0 Å². The van der Waals surface area contributed by atoms with Crippen molar-refractivity contribution >= 4 is 8.80 Å². The van der Waals surface area contributed by atoms with Crippen LogP contribution in [0, 0.1) is 0 Å². The summed E-state index contributed by atoms with van der Waals surface area (Å²) in [7, 11) is 8.07. The first-order chi connectivity index (χ1) is 7.56. The van der Waals surface area contributed by atoms with Gasteiger partial charge >= 0.3 is 0 Å². The summed E-state index contributed by atoms with van der Waals surface area (Å²) in [5.41, 5.74) is 2.52. The van der Waals surface area contributed by atoms with Crippen molar-refractivity contribution in [2.45, 2.75) is 31.9 Å². The van der Waals surface area contributed by atoms with E-state index in [9.17, 15) is 0 Å². The van der Waals surface area contributed by atoms with Gasteiger partial charge in [-0.3, -0.25) is 0 Å². The van der Waals surface area contributed by atoms with E-state index in [0.29, 0.717) is 0 Å². The van der Waals surface area contributed by atoms with Gasteiger partial charge in [-0.15, -0.1) is 5.70 Å². The zero-order valence-corrected chi connectivity index (χ0v) is 13.0. The lowest BCUT2D eigenvalue weighted by molar-refractivity contribution is 0.405. The minimum atomic E-state index is -0.585. The summed E-state index contributed by atoms with van der Waals surface area (Å²) in [6, 6.07) is 2.94. The van der Waals surface area contributed by atoms with Crippen molar-refractivity contribution < 1.29 is 0 Å². The van der Waals surface area contributed by atoms with Gasteiger partial charge < -0.3 is 9.80 Å². The molecule has 0 atom stereocenters. The summed E-state index contributed by atoms with van der Waals surface area (Å²) in [5.74, 6) is 0. The molecule has 0 amide bonds. The van der Waals surface area contributed by atoms with Crippen LogP contribution in [-0.2, 0) is 0 Å². The fourth-order valence-electron chi connectivity index (χ4n) is 1.95. The van der Waals surface area contributed by atoms with E-state index >= 15 is 0 Å². The van der Waals surface area contributed by atoms with Crippen molar-refractivity contribution in [3.05, 3.63) is 11.8 Å². The van der Waals surface area contributed by atoms with Gasteiger partial charge in [-0.05, 0) is 61.0 Å². The quantitative estimate of drug-likeness (QED) is 0.572.